The van der Waals surface area contributed by atoms with E-state index in [1.54, 1.807) is 0 Å². The minimum atomic E-state index is -0.525. The highest BCUT2D eigenvalue weighted by molar-refractivity contribution is 5.75. The smallest absolute Gasteiger partial charge is 0.309 e. The normalized spacial score (nSPS) is 17.7. The van der Waals surface area contributed by atoms with E-state index in [2.05, 4.69) is 38.3 Å². The fraction of sp³-hybridized carbons (Fsp3) is 0.963. The molecule has 0 aliphatic heterocycles. The van der Waals surface area contributed by atoms with Gasteiger partial charge in [0, 0.05) is 0 Å². The summed E-state index contributed by atoms with van der Waals surface area (Å²) >= 11 is 0. The van der Waals surface area contributed by atoms with Crippen molar-refractivity contribution in [3.05, 3.63) is 0 Å². The summed E-state index contributed by atoms with van der Waals surface area (Å²) in [7, 11) is 0. The molecule has 0 heterocycles. The van der Waals surface area contributed by atoms with Crippen LogP contribution >= 0.6 is 0 Å². The van der Waals surface area contributed by atoms with Crippen molar-refractivity contribution in [2.45, 2.75) is 285 Å². The van der Waals surface area contributed by atoms with E-state index in [-0.39, 0.29) is 0 Å². The van der Waals surface area contributed by atoms with E-state index in [9.17, 15) is 19.8 Å². The minimum absolute atomic E-state index is 0.493. The molecular weight excluding hydrogens is 741 g/mol. The predicted octanol–water partition coefficient (Wildman–Crippen LogP) is 16.2. The molecule has 0 aromatic carbocycles. The summed E-state index contributed by atoms with van der Waals surface area (Å²) in [5.41, 5.74) is -0.985. The van der Waals surface area contributed by atoms with Crippen molar-refractivity contribution >= 4 is 11.9 Å². The lowest BCUT2D eigenvalue weighted by Crippen LogP contribution is -2.32. The van der Waals surface area contributed by atoms with Crippen molar-refractivity contribution < 1.29 is 19.8 Å². The number of carboxylic acids is 2. The van der Waals surface area contributed by atoms with E-state index in [4.69, 9.17) is 0 Å². The van der Waals surface area contributed by atoms with Gasteiger partial charge in [0.05, 0.1) is 10.8 Å². The van der Waals surface area contributed by atoms with Crippen molar-refractivity contribution in [2.24, 2.45) is 22.7 Å². The molecule has 0 radical (unpaired) electrons. The molecule has 0 saturated heterocycles. The number of carboxylic acid groups (broad SMARTS) is 2. The van der Waals surface area contributed by atoms with Gasteiger partial charge in [0.2, 0.25) is 0 Å². The first kappa shape index (κ1) is 56.9. The number of aliphatic carboxylic acids is 2. The van der Waals surface area contributed by atoms with E-state index in [1.165, 1.54) is 180 Å². The lowest BCUT2D eigenvalue weighted by Gasteiger charge is -2.30. The molecule has 6 heteroatoms. The van der Waals surface area contributed by atoms with Crippen LogP contribution < -0.4 is 10.6 Å². The molecule has 6 nitrogen and oxygen atoms in total. The third-order valence-electron chi connectivity index (χ3n) is 14.7. The van der Waals surface area contributed by atoms with E-state index in [0.717, 1.165) is 115 Å². The SMILES string of the molecule is CCCCCCCCC(CCCCCC)(CCCCCCCNC[C@H]1CCC[C@@H](CNCCCCCCCC(CCCCCC)(CCCCCCCC)C(=O)O)C1)C(=O)O. The van der Waals surface area contributed by atoms with Gasteiger partial charge in [-0.3, -0.25) is 9.59 Å². The largest absolute Gasteiger partial charge is 0.481 e. The standard InChI is InChI=1S/C54H106N2O4/c1-5-9-13-17-21-29-40-53(51(57)58,38-27-15-11-7-3)42-31-23-19-25-33-44-55-47-49-36-35-37-50(46-49)48-56-45-34-26-20-24-32-43-54(52(59)60,39-28-16-12-8-4)41-30-22-18-14-10-6-2/h49-50,55-56H,5-48H2,1-4H3,(H,57,58)(H,59,60)/t49-,50+,53?,54?. The molecule has 0 spiro atoms. The van der Waals surface area contributed by atoms with Crippen molar-refractivity contribution in [1.82, 2.24) is 10.6 Å². The third-order valence-corrected chi connectivity index (χ3v) is 14.7. The summed E-state index contributed by atoms with van der Waals surface area (Å²) in [4.78, 5) is 25.3. The fourth-order valence-electron chi connectivity index (χ4n) is 10.5. The summed E-state index contributed by atoms with van der Waals surface area (Å²) in [5.74, 6) is 0.570. The van der Waals surface area contributed by atoms with Gasteiger partial charge < -0.3 is 20.8 Å². The first-order valence-electron chi connectivity index (χ1n) is 27.2. The van der Waals surface area contributed by atoms with Crippen LogP contribution in [0.1, 0.15) is 285 Å². The molecular formula is C54H106N2O4. The maximum atomic E-state index is 12.6. The van der Waals surface area contributed by atoms with Crippen LogP contribution in [0.4, 0.5) is 0 Å². The molecule has 0 bridgehead atoms. The number of unbranched alkanes of at least 4 members (excludes halogenated alkanes) is 24. The number of hydrogen-bond acceptors (Lipinski definition) is 4. The average Bonchev–Trinajstić information content (AvgIpc) is 3.24. The summed E-state index contributed by atoms with van der Waals surface area (Å²) in [5, 5.41) is 28.4. The first-order chi connectivity index (χ1) is 29.3. The van der Waals surface area contributed by atoms with Gasteiger partial charge in [-0.1, -0.05) is 214 Å². The van der Waals surface area contributed by atoms with Crippen LogP contribution in [-0.2, 0) is 9.59 Å². The monoisotopic (exact) mass is 847 g/mol. The van der Waals surface area contributed by atoms with Crippen LogP contribution in [0.3, 0.4) is 0 Å². The molecule has 1 aliphatic rings. The molecule has 356 valence electrons. The number of hydrogen-bond donors (Lipinski definition) is 4. The maximum absolute atomic E-state index is 12.6. The Labute approximate surface area is 374 Å². The second-order valence-electron chi connectivity index (χ2n) is 20.2. The highest BCUT2D eigenvalue weighted by atomic mass is 16.4. The van der Waals surface area contributed by atoms with E-state index < -0.39 is 22.8 Å². The van der Waals surface area contributed by atoms with E-state index in [1.807, 2.05) is 0 Å². The molecule has 4 N–H and O–H groups in total. The Kier molecular flexibility index (Phi) is 37.4. The lowest BCUT2D eigenvalue weighted by molar-refractivity contribution is -0.151. The van der Waals surface area contributed by atoms with Crippen molar-refractivity contribution in [3.8, 4) is 0 Å². The van der Waals surface area contributed by atoms with Crippen LogP contribution in [0.25, 0.3) is 0 Å². The molecule has 0 aromatic heterocycles. The van der Waals surface area contributed by atoms with E-state index in [0.29, 0.717) is 0 Å². The number of carbonyl (C=O) groups is 2. The topological polar surface area (TPSA) is 98.7 Å². The molecule has 1 fully saturated rings. The van der Waals surface area contributed by atoms with Gasteiger partial charge in [0.1, 0.15) is 0 Å². The molecule has 60 heavy (non-hydrogen) atoms. The second-order valence-corrected chi connectivity index (χ2v) is 20.2. The van der Waals surface area contributed by atoms with Gasteiger partial charge >= 0.3 is 11.9 Å². The highest BCUT2D eigenvalue weighted by Crippen LogP contribution is 2.39. The Morgan fingerprint density at radius 2 is 0.650 bits per heavy atom. The van der Waals surface area contributed by atoms with Crippen LogP contribution in [0, 0.1) is 22.7 Å². The molecule has 0 amide bonds. The number of rotatable bonds is 46. The third kappa shape index (κ3) is 28.5. The van der Waals surface area contributed by atoms with Crippen LogP contribution in [-0.4, -0.2) is 48.3 Å². The summed E-state index contributed by atoms with van der Waals surface area (Å²) in [6.07, 6.45) is 46.7. The van der Waals surface area contributed by atoms with Crippen LogP contribution in [0.2, 0.25) is 0 Å². The first-order valence-corrected chi connectivity index (χ1v) is 27.2. The molecule has 1 rings (SSSR count). The Morgan fingerprint density at radius 1 is 0.400 bits per heavy atom. The average molecular weight is 847 g/mol. The summed E-state index contributed by atoms with van der Waals surface area (Å²) < 4.78 is 0. The van der Waals surface area contributed by atoms with Gasteiger partial charge in [-0.2, -0.15) is 0 Å². The minimum Gasteiger partial charge on any atom is -0.481 e. The zero-order chi connectivity index (χ0) is 43.8. The van der Waals surface area contributed by atoms with Gasteiger partial charge in [-0.05, 0) is 109 Å². The molecule has 2 unspecified atom stereocenters. The fourth-order valence-corrected chi connectivity index (χ4v) is 10.5. The van der Waals surface area contributed by atoms with Crippen molar-refractivity contribution in [2.75, 3.05) is 26.2 Å². The highest BCUT2D eigenvalue weighted by Gasteiger charge is 2.37. The van der Waals surface area contributed by atoms with Gasteiger partial charge in [-0.15, -0.1) is 0 Å². The predicted molar refractivity (Wildman–Crippen MR) is 260 cm³/mol. The summed E-state index contributed by atoms with van der Waals surface area (Å²) in [6.45, 7) is 13.5. The van der Waals surface area contributed by atoms with Gasteiger partial charge in [0.15, 0.2) is 0 Å². The Balaban J connectivity index is 2.24. The Hall–Kier alpha value is -1.14. The lowest BCUT2D eigenvalue weighted by atomic mass is 9.74. The maximum Gasteiger partial charge on any atom is 0.309 e. The number of nitrogens with one attached hydrogen (secondary N) is 2. The van der Waals surface area contributed by atoms with Crippen LogP contribution in [0.5, 0.6) is 0 Å². The molecule has 1 saturated carbocycles. The zero-order valence-corrected chi connectivity index (χ0v) is 41.0. The van der Waals surface area contributed by atoms with Crippen molar-refractivity contribution in [1.29, 1.82) is 0 Å². The molecule has 1 aliphatic carbocycles. The molecule has 4 atom stereocenters. The van der Waals surface area contributed by atoms with E-state index >= 15 is 0 Å². The molecule has 0 aromatic rings. The van der Waals surface area contributed by atoms with Gasteiger partial charge in [0.25, 0.3) is 0 Å². The quantitative estimate of drug-likeness (QED) is 0.0456. The Bertz CT molecular complexity index is 901. The van der Waals surface area contributed by atoms with Crippen LogP contribution in [0.15, 0.2) is 0 Å². The van der Waals surface area contributed by atoms with Crippen molar-refractivity contribution in [3.63, 3.8) is 0 Å². The summed E-state index contributed by atoms with van der Waals surface area (Å²) in [6, 6.07) is 0. The van der Waals surface area contributed by atoms with Gasteiger partial charge in [-0.25, -0.2) is 0 Å². The second kappa shape index (κ2) is 39.5. The Morgan fingerprint density at radius 3 is 0.933 bits per heavy atom. The zero-order valence-electron chi connectivity index (χ0n) is 41.0.